The molecular formula is C62H67N3OPt. The van der Waals surface area contributed by atoms with Crippen LogP contribution in [-0.4, -0.2) is 14.5 Å². The zero-order valence-corrected chi connectivity index (χ0v) is 42.3. The molecule has 0 aliphatic carbocycles. The Balaban J connectivity index is 0.00000990. The minimum absolute atomic E-state index is 0. The van der Waals surface area contributed by atoms with Gasteiger partial charge in [-0.05, 0) is 128 Å². The van der Waals surface area contributed by atoms with Crippen molar-refractivity contribution >= 4 is 11.0 Å². The minimum atomic E-state index is -3.83. The number of rotatable bonds is 7. The van der Waals surface area contributed by atoms with Gasteiger partial charge >= 0.3 is 21.1 Å². The summed E-state index contributed by atoms with van der Waals surface area (Å²) in [6.45, 7) is 8.78. The van der Waals surface area contributed by atoms with Crippen molar-refractivity contribution < 1.29 is 47.7 Å². The Morgan fingerprint density at radius 3 is 1.88 bits per heavy atom. The molecule has 346 valence electrons. The summed E-state index contributed by atoms with van der Waals surface area (Å²) in [5, 5.41) is 0. The average Bonchev–Trinajstić information content (AvgIpc) is 1.07. The largest absolute Gasteiger partial charge is 2.00 e. The third-order valence-corrected chi connectivity index (χ3v) is 12.1. The number of ether oxygens (including phenoxy) is 1. The van der Waals surface area contributed by atoms with Gasteiger partial charge in [0.15, 0.2) is 0 Å². The second-order valence-electron chi connectivity index (χ2n) is 20.5. The number of hydrogen-bond donors (Lipinski definition) is 0. The molecule has 0 amide bonds. The van der Waals surface area contributed by atoms with Gasteiger partial charge in [-0.3, -0.25) is 9.55 Å². The van der Waals surface area contributed by atoms with Crippen LogP contribution >= 0.6 is 0 Å². The normalized spacial score (nSPS) is 16.6. The summed E-state index contributed by atoms with van der Waals surface area (Å²) in [5.74, 6) is 0.832. The molecule has 0 saturated carbocycles. The van der Waals surface area contributed by atoms with E-state index in [0.717, 1.165) is 38.9 Å². The van der Waals surface area contributed by atoms with Crippen molar-refractivity contribution in [1.82, 2.24) is 14.5 Å². The topological polar surface area (TPSA) is 39.9 Å². The van der Waals surface area contributed by atoms with Gasteiger partial charge in [-0.1, -0.05) is 167 Å². The van der Waals surface area contributed by atoms with Crippen LogP contribution in [0.3, 0.4) is 0 Å². The number of aryl methyl sites for hydroxylation is 3. The molecule has 2 heterocycles. The van der Waals surface area contributed by atoms with Crippen LogP contribution in [0.1, 0.15) is 144 Å². The van der Waals surface area contributed by atoms with E-state index < -0.39 is 68.0 Å². The maximum atomic E-state index is 9.14. The molecule has 0 saturated heterocycles. The van der Waals surface area contributed by atoms with Gasteiger partial charge in [0.2, 0.25) is 0 Å². The van der Waals surface area contributed by atoms with Gasteiger partial charge in [-0.2, -0.15) is 7.11 Å². The van der Waals surface area contributed by atoms with Crippen LogP contribution in [0, 0.1) is 33.9 Å². The summed E-state index contributed by atoms with van der Waals surface area (Å²) in [7, 11) is 3.82. The zero-order chi connectivity index (χ0) is 61.2. The second-order valence-corrected chi connectivity index (χ2v) is 20.5. The van der Waals surface area contributed by atoms with Crippen LogP contribution in [0.4, 0.5) is 0 Å². The average molecular weight is 1080 g/mol. The molecule has 0 N–H and O–H groups in total. The van der Waals surface area contributed by atoms with E-state index in [4.69, 9.17) is 31.7 Å². The van der Waals surface area contributed by atoms with Crippen molar-refractivity contribution in [2.24, 2.45) is 0 Å². The Bertz CT molecular complexity index is 3730. The molecule has 0 aliphatic rings. The summed E-state index contributed by atoms with van der Waals surface area (Å²) in [4.78, 5) is 10.1. The van der Waals surface area contributed by atoms with Crippen LogP contribution in [0.2, 0.25) is 0 Å². The summed E-state index contributed by atoms with van der Waals surface area (Å²) >= 11 is 0. The van der Waals surface area contributed by atoms with Crippen LogP contribution in [-0.2, 0) is 42.7 Å². The molecule has 8 aromatic rings. The predicted octanol–water partition coefficient (Wildman–Crippen LogP) is 16.8. The van der Waals surface area contributed by atoms with E-state index in [0.29, 0.717) is 50.5 Å². The number of hydrogen-bond acceptors (Lipinski definition) is 3. The van der Waals surface area contributed by atoms with E-state index in [1.165, 1.54) is 18.3 Å². The fourth-order valence-corrected chi connectivity index (χ4v) is 8.29. The van der Waals surface area contributed by atoms with Crippen molar-refractivity contribution in [2.75, 3.05) is 0 Å². The number of benzene rings is 6. The quantitative estimate of drug-likeness (QED) is 0.149. The molecule has 2 aromatic heterocycles. The number of nitrogens with zero attached hydrogens (tertiary/aromatic N) is 3. The molecule has 0 unspecified atom stereocenters. The first kappa shape index (κ1) is 32.2. The van der Waals surface area contributed by atoms with Crippen molar-refractivity contribution in [3.63, 3.8) is 0 Å². The molecule has 4 nitrogen and oxygen atoms in total. The molecule has 0 bridgehead atoms. The molecule has 0 radical (unpaired) electrons. The Labute approximate surface area is 438 Å². The maximum absolute atomic E-state index is 9.14. The van der Waals surface area contributed by atoms with E-state index in [9.17, 15) is 0 Å². The van der Waals surface area contributed by atoms with Crippen LogP contribution in [0.15, 0.2) is 121 Å². The van der Waals surface area contributed by atoms with Crippen LogP contribution < -0.4 is 4.74 Å². The second kappa shape index (κ2) is 18.2. The molecule has 0 fully saturated rings. The number of para-hydroxylation sites is 1. The monoisotopic (exact) mass is 1080 g/mol. The molecule has 8 rings (SSSR count). The van der Waals surface area contributed by atoms with E-state index in [1.807, 2.05) is 93.8 Å². The van der Waals surface area contributed by atoms with Gasteiger partial charge in [-0.25, -0.2) is 4.98 Å². The maximum Gasteiger partial charge on any atom is 2.00 e. The summed E-state index contributed by atoms with van der Waals surface area (Å²) < 4.78 is 146. The predicted molar refractivity (Wildman–Crippen MR) is 280 cm³/mol. The SMILES string of the molecule is [2H]c1c([2H])c(C(C([2H])([2H])[2H])(C([2H])([2H])[2H])C([2H])([2H])[2H])c([2H])c([2H])c1-c1ccnc(-c2[c-]c(-c3cccc4c3nc(-c3cc(C)cc(C)c3O[CH2-])n4-c3ccc(-c4cc(C(C)(C)C)cc(C(C)(C)C)c4)cc3C([2H])([2H])[2H])cc(C(C)(C)C)c2)c1.[Pt+2]. The van der Waals surface area contributed by atoms with Gasteiger partial charge < -0.3 is 4.74 Å². The van der Waals surface area contributed by atoms with Gasteiger partial charge in [-0.15, -0.1) is 29.3 Å². The zero-order valence-electron chi connectivity index (χ0n) is 56.0. The molecule has 0 aliphatic heterocycles. The van der Waals surface area contributed by atoms with Gasteiger partial charge in [0, 0.05) is 28.3 Å². The number of fused-ring (bicyclic) bond motifs is 1. The van der Waals surface area contributed by atoms with Crippen molar-refractivity contribution in [2.45, 2.75) is 125 Å². The van der Waals surface area contributed by atoms with Gasteiger partial charge in [0.1, 0.15) is 5.82 Å². The first-order valence-corrected chi connectivity index (χ1v) is 22.1. The smallest absolute Gasteiger partial charge is 0.665 e. The molecule has 0 spiro atoms. The standard InChI is InChI=1S/C62H67N3O.Pt/c1-38-28-40(3)57(66-16)52(29-38)58-64-56-51(45-31-46(35-48(34-45)60(7,8)9)53-36-43(26-27-63-53)41-20-23-47(24-21-41)59(4,5)6)18-17-19-55(56)65(58)54-25-22-42(30-39(54)2)44-32-49(61(10,11)12)37-50(33-44)62(13,14)15;/h17-30,32-37H,16H2,1-15H3;/q-2;+2/i2D3,4D3,5D3,6D3,20D,21D,23D,24D;. The fraction of sp³-hybridized carbons (Fsp3) is 0.306. The molecular weight excluding hydrogens is 998 g/mol. The van der Waals surface area contributed by atoms with E-state index in [-0.39, 0.29) is 54.3 Å². The first-order valence-electron chi connectivity index (χ1n) is 30.1. The number of imidazole rings is 1. The molecule has 0 atom stereocenters. The number of aromatic nitrogens is 3. The third kappa shape index (κ3) is 10.0. The van der Waals surface area contributed by atoms with E-state index in [1.54, 1.807) is 6.07 Å². The minimum Gasteiger partial charge on any atom is -0.665 e. The Hall–Kier alpha value is -5.57. The third-order valence-electron chi connectivity index (χ3n) is 12.1. The van der Waals surface area contributed by atoms with E-state index in [2.05, 4.69) is 77.9 Å². The van der Waals surface area contributed by atoms with Crippen molar-refractivity contribution in [1.29, 1.82) is 0 Å². The van der Waals surface area contributed by atoms with Crippen LogP contribution in [0.25, 0.3) is 72.7 Å². The number of pyridine rings is 1. The van der Waals surface area contributed by atoms with Gasteiger partial charge in [0.25, 0.3) is 0 Å². The molecule has 67 heavy (non-hydrogen) atoms. The summed E-state index contributed by atoms with van der Waals surface area (Å²) in [6.07, 6.45) is 1.39. The molecule has 6 aromatic carbocycles. The Morgan fingerprint density at radius 1 is 0.612 bits per heavy atom. The van der Waals surface area contributed by atoms with Crippen molar-refractivity contribution in [3.05, 3.63) is 173 Å². The molecule has 5 heteroatoms. The summed E-state index contributed by atoms with van der Waals surface area (Å²) in [5.41, 5.74) is 4.14. The van der Waals surface area contributed by atoms with Crippen LogP contribution in [0.5, 0.6) is 5.75 Å². The van der Waals surface area contributed by atoms with Crippen molar-refractivity contribution in [3.8, 4) is 67.5 Å². The van der Waals surface area contributed by atoms with Gasteiger partial charge in [0.05, 0.1) is 33.5 Å². The summed E-state index contributed by atoms with van der Waals surface area (Å²) in [6, 6.07) is 27.9. The van der Waals surface area contributed by atoms with E-state index >= 15 is 0 Å². The Morgan fingerprint density at radius 2 is 1.25 bits per heavy atom. The Kier molecular flexibility index (Phi) is 8.73. The first-order chi connectivity index (χ1) is 37.5. The fourth-order valence-electron chi connectivity index (χ4n) is 8.29.